The van der Waals surface area contributed by atoms with E-state index in [1.54, 1.807) is 12.3 Å². The van der Waals surface area contributed by atoms with Gasteiger partial charge in [-0.05, 0) is 55.9 Å². The highest BCUT2D eigenvalue weighted by Crippen LogP contribution is 2.24. The van der Waals surface area contributed by atoms with E-state index in [0.717, 1.165) is 48.5 Å². The number of hydrogen-bond donors (Lipinski definition) is 1. The normalized spacial score (nSPS) is 15.2. The number of aromatic nitrogens is 2. The Morgan fingerprint density at radius 1 is 1.07 bits per heavy atom. The summed E-state index contributed by atoms with van der Waals surface area (Å²) >= 11 is 0. The largest absolute Gasteiger partial charge is 0.369 e. The maximum Gasteiger partial charge on any atom is 0.248 e. The number of anilines is 2. The summed E-state index contributed by atoms with van der Waals surface area (Å²) in [5.41, 5.74) is 5.49. The average molecular weight is 387 g/mol. The molecular formula is C23H25N5O. The Labute approximate surface area is 170 Å². The molecule has 0 aliphatic carbocycles. The summed E-state index contributed by atoms with van der Waals surface area (Å²) < 4.78 is 0. The van der Waals surface area contributed by atoms with Gasteiger partial charge >= 0.3 is 0 Å². The summed E-state index contributed by atoms with van der Waals surface area (Å²) in [6, 6.07) is 13.7. The van der Waals surface area contributed by atoms with Crippen LogP contribution in [0.1, 0.15) is 11.3 Å². The first-order valence-corrected chi connectivity index (χ1v) is 9.83. The molecule has 6 heteroatoms. The van der Waals surface area contributed by atoms with E-state index in [1.165, 1.54) is 11.8 Å². The Morgan fingerprint density at radius 3 is 2.59 bits per heavy atom. The molecule has 4 rings (SSSR count). The second kappa shape index (κ2) is 8.41. The molecular weight excluding hydrogens is 362 g/mol. The number of amides is 1. The van der Waals surface area contributed by atoms with Crippen LogP contribution in [-0.4, -0.2) is 54.0 Å². The lowest BCUT2D eigenvalue weighted by atomic mass is 10.1. The number of piperazine rings is 1. The summed E-state index contributed by atoms with van der Waals surface area (Å²) in [4.78, 5) is 25.9. The van der Waals surface area contributed by atoms with Crippen molar-refractivity contribution in [2.75, 3.05) is 43.4 Å². The molecule has 1 N–H and O–H groups in total. The summed E-state index contributed by atoms with van der Waals surface area (Å²) in [5, 5.41) is 2.93. The van der Waals surface area contributed by atoms with E-state index >= 15 is 0 Å². The van der Waals surface area contributed by atoms with Crippen LogP contribution in [0.25, 0.3) is 17.1 Å². The molecule has 0 unspecified atom stereocenters. The van der Waals surface area contributed by atoms with Gasteiger partial charge in [-0.1, -0.05) is 12.1 Å². The number of benzene rings is 2. The number of rotatable bonds is 4. The number of carbonyl (C=O) groups is 1. The summed E-state index contributed by atoms with van der Waals surface area (Å²) in [6.07, 6.45) is 4.84. The Morgan fingerprint density at radius 2 is 1.83 bits per heavy atom. The number of para-hydroxylation sites is 2. The lowest BCUT2D eigenvalue weighted by molar-refractivity contribution is -0.111. The molecule has 1 saturated heterocycles. The quantitative estimate of drug-likeness (QED) is 0.696. The van der Waals surface area contributed by atoms with Crippen LogP contribution >= 0.6 is 0 Å². The van der Waals surface area contributed by atoms with Gasteiger partial charge in [0.2, 0.25) is 5.91 Å². The van der Waals surface area contributed by atoms with Crippen LogP contribution < -0.4 is 10.2 Å². The SMILES string of the molecule is Cc1cc(NC(=O)/C=C/c2cnc3ccccc3n2)ccc1N1CCN(C)CC1. The van der Waals surface area contributed by atoms with Crippen LogP contribution in [0.3, 0.4) is 0 Å². The van der Waals surface area contributed by atoms with Gasteiger partial charge in [0.25, 0.3) is 0 Å². The molecule has 0 saturated carbocycles. The van der Waals surface area contributed by atoms with Crippen molar-refractivity contribution in [2.24, 2.45) is 0 Å². The molecule has 1 aliphatic rings. The molecule has 0 spiro atoms. The maximum absolute atomic E-state index is 12.3. The second-order valence-electron chi connectivity index (χ2n) is 7.40. The van der Waals surface area contributed by atoms with Crippen LogP contribution in [0.2, 0.25) is 0 Å². The standard InChI is InChI=1S/C23H25N5O/c1-17-15-18(7-9-22(17)28-13-11-27(2)12-14-28)26-23(29)10-8-19-16-24-20-5-3-4-6-21(20)25-19/h3-10,15-16H,11-14H2,1-2H3,(H,26,29)/b10-8+. The fourth-order valence-corrected chi connectivity index (χ4v) is 3.53. The van der Waals surface area contributed by atoms with Crippen molar-refractivity contribution in [3.63, 3.8) is 0 Å². The van der Waals surface area contributed by atoms with Crippen LogP contribution in [0.15, 0.2) is 54.7 Å². The first kappa shape index (κ1) is 19.1. The van der Waals surface area contributed by atoms with Crippen molar-refractivity contribution >= 4 is 34.4 Å². The highest BCUT2D eigenvalue weighted by molar-refractivity contribution is 6.02. The molecule has 1 aliphatic heterocycles. The Hall–Kier alpha value is -3.25. The summed E-state index contributed by atoms with van der Waals surface area (Å²) in [7, 11) is 2.15. The monoisotopic (exact) mass is 387 g/mol. The number of carbonyl (C=O) groups excluding carboxylic acids is 1. The fourth-order valence-electron chi connectivity index (χ4n) is 3.53. The number of likely N-dealkylation sites (N-methyl/N-ethyl adjacent to an activating group) is 1. The van der Waals surface area contributed by atoms with Gasteiger partial charge in [0, 0.05) is 43.6 Å². The van der Waals surface area contributed by atoms with Crippen molar-refractivity contribution in [1.82, 2.24) is 14.9 Å². The molecule has 0 bridgehead atoms. The summed E-state index contributed by atoms with van der Waals surface area (Å²) in [5.74, 6) is -0.188. The van der Waals surface area contributed by atoms with Crippen molar-refractivity contribution in [2.45, 2.75) is 6.92 Å². The molecule has 1 amide bonds. The molecule has 1 aromatic heterocycles. The van der Waals surface area contributed by atoms with Gasteiger partial charge in [-0.15, -0.1) is 0 Å². The zero-order chi connectivity index (χ0) is 20.2. The van der Waals surface area contributed by atoms with Gasteiger partial charge in [0.1, 0.15) is 0 Å². The lowest BCUT2D eigenvalue weighted by Gasteiger charge is -2.35. The highest BCUT2D eigenvalue weighted by atomic mass is 16.1. The fraction of sp³-hybridized carbons (Fsp3) is 0.261. The van der Waals surface area contributed by atoms with Gasteiger partial charge in [0.15, 0.2) is 0 Å². The van der Waals surface area contributed by atoms with Crippen molar-refractivity contribution < 1.29 is 4.79 Å². The third-order valence-corrected chi connectivity index (χ3v) is 5.18. The molecule has 2 aromatic carbocycles. The maximum atomic E-state index is 12.3. The zero-order valence-corrected chi connectivity index (χ0v) is 16.8. The first-order chi connectivity index (χ1) is 14.1. The van der Waals surface area contributed by atoms with E-state index in [2.05, 4.69) is 45.1 Å². The molecule has 2 heterocycles. The minimum Gasteiger partial charge on any atom is -0.369 e. The van der Waals surface area contributed by atoms with E-state index in [0.29, 0.717) is 5.69 Å². The molecule has 3 aromatic rings. The Balaban J connectivity index is 1.41. The Bertz CT molecular complexity index is 1050. The van der Waals surface area contributed by atoms with Crippen LogP contribution in [0.4, 0.5) is 11.4 Å². The minimum absolute atomic E-state index is 0.188. The van der Waals surface area contributed by atoms with Gasteiger partial charge in [-0.25, -0.2) is 4.98 Å². The zero-order valence-electron chi connectivity index (χ0n) is 16.8. The van der Waals surface area contributed by atoms with Gasteiger partial charge < -0.3 is 15.1 Å². The topological polar surface area (TPSA) is 61.4 Å². The molecule has 0 radical (unpaired) electrons. The second-order valence-corrected chi connectivity index (χ2v) is 7.40. The van der Waals surface area contributed by atoms with Crippen LogP contribution in [0, 0.1) is 6.92 Å². The molecule has 1 fully saturated rings. The predicted octanol–water partition coefficient (Wildman–Crippen LogP) is 3.34. The van der Waals surface area contributed by atoms with Gasteiger partial charge in [0.05, 0.1) is 22.9 Å². The van der Waals surface area contributed by atoms with Crippen LogP contribution in [-0.2, 0) is 4.79 Å². The number of fused-ring (bicyclic) bond motifs is 1. The van der Waals surface area contributed by atoms with Gasteiger partial charge in [-0.2, -0.15) is 0 Å². The van der Waals surface area contributed by atoms with Crippen molar-refractivity contribution in [3.05, 3.63) is 66.0 Å². The molecule has 6 nitrogen and oxygen atoms in total. The summed E-state index contributed by atoms with van der Waals surface area (Å²) in [6.45, 7) is 6.28. The van der Waals surface area contributed by atoms with E-state index in [4.69, 9.17) is 0 Å². The number of nitrogens with one attached hydrogen (secondary N) is 1. The van der Waals surface area contributed by atoms with E-state index in [-0.39, 0.29) is 5.91 Å². The average Bonchev–Trinajstić information content (AvgIpc) is 2.73. The first-order valence-electron chi connectivity index (χ1n) is 9.83. The van der Waals surface area contributed by atoms with E-state index in [1.807, 2.05) is 36.4 Å². The Kier molecular flexibility index (Phi) is 5.53. The number of nitrogens with zero attached hydrogens (tertiary/aromatic N) is 4. The predicted molar refractivity (Wildman–Crippen MR) is 118 cm³/mol. The highest BCUT2D eigenvalue weighted by Gasteiger charge is 2.16. The van der Waals surface area contributed by atoms with Crippen molar-refractivity contribution in [1.29, 1.82) is 0 Å². The minimum atomic E-state index is -0.188. The molecule has 29 heavy (non-hydrogen) atoms. The smallest absolute Gasteiger partial charge is 0.248 e. The van der Waals surface area contributed by atoms with Crippen molar-refractivity contribution in [3.8, 4) is 0 Å². The van der Waals surface area contributed by atoms with E-state index in [9.17, 15) is 4.79 Å². The third kappa shape index (κ3) is 4.60. The molecule has 0 atom stereocenters. The van der Waals surface area contributed by atoms with Crippen LogP contribution in [0.5, 0.6) is 0 Å². The lowest BCUT2D eigenvalue weighted by Crippen LogP contribution is -2.44. The molecule has 148 valence electrons. The van der Waals surface area contributed by atoms with Gasteiger partial charge in [-0.3, -0.25) is 9.78 Å². The van der Waals surface area contributed by atoms with E-state index < -0.39 is 0 Å². The third-order valence-electron chi connectivity index (χ3n) is 5.18. The number of hydrogen-bond acceptors (Lipinski definition) is 5. The number of aryl methyl sites for hydroxylation is 1.